The van der Waals surface area contributed by atoms with Gasteiger partial charge < -0.3 is 30.5 Å². The topological polar surface area (TPSA) is 174 Å². The summed E-state index contributed by atoms with van der Waals surface area (Å²) < 4.78 is 5.02. The van der Waals surface area contributed by atoms with Crippen molar-refractivity contribution in [3.63, 3.8) is 0 Å². The zero-order chi connectivity index (χ0) is 32.1. The smallest absolute Gasteiger partial charge is 0.251 e. The number of benzene rings is 2. The number of aliphatic hydroxyl groups excluding tert-OH is 2. The number of methoxy groups -OCH3 is 1. The summed E-state index contributed by atoms with van der Waals surface area (Å²) in [5.74, 6) is -6.42. The maximum atomic E-state index is 14.1. The number of ketones is 3. The van der Waals surface area contributed by atoms with Crippen molar-refractivity contribution in [2.24, 2.45) is 11.8 Å². The summed E-state index contributed by atoms with van der Waals surface area (Å²) in [5, 5.41) is 48.1. The van der Waals surface area contributed by atoms with Crippen LogP contribution in [0.3, 0.4) is 0 Å². The Morgan fingerprint density at radius 3 is 2.50 bits per heavy atom. The summed E-state index contributed by atoms with van der Waals surface area (Å²) in [7, 11) is 4.76. The van der Waals surface area contributed by atoms with Crippen LogP contribution in [0.4, 0.5) is 0 Å². The monoisotopic (exact) mass is 604 g/mol. The Balaban J connectivity index is 1.61. The number of nitrogens with zero attached hydrogens (tertiary/aromatic N) is 1. The average Bonchev–Trinajstić information content (AvgIpc) is 2.97. The number of aliphatic hydroxyl groups is 3. The third-order valence-corrected chi connectivity index (χ3v) is 8.96. The number of nitrogens with one attached hydrogen (secondary N) is 1. The number of phenolic OH excluding ortho intramolecular Hbond substituents is 1. The number of aromatic hydroxyl groups is 1. The Hall–Kier alpha value is -4.32. The Labute approximate surface area is 254 Å². The zero-order valence-electron chi connectivity index (χ0n) is 25.0. The van der Waals surface area contributed by atoms with Crippen molar-refractivity contribution in [2.75, 3.05) is 34.4 Å². The van der Waals surface area contributed by atoms with Gasteiger partial charge in [-0.15, -0.1) is 0 Å². The lowest BCUT2D eigenvalue weighted by Crippen LogP contribution is -2.65. The molecule has 0 radical (unpaired) electrons. The number of ether oxygens (including phenoxy) is 1. The van der Waals surface area contributed by atoms with Crippen molar-refractivity contribution in [2.45, 2.75) is 37.8 Å². The summed E-state index contributed by atoms with van der Waals surface area (Å²) in [6.45, 7) is 2.02. The van der Waals surface area contributed by atoms with E-state index in [4.69, 9.17) is 4.74 Å². The molecular weight excluding hydrogens is 568 g/mol. The van der Waals surface area contributed by atoms with E-state index in [1.54, 1.807) is 51.5 Å². The molecule has 3 aliphatic rings. The van der Waals surface area contributed by atoms with Gasteiger partial charge in [0.15, 0.2) is 17.2 Å². The first kappa shape index (κ1) is 31.1. The summed E-state index contributed by atoms with van der Waals surface area (Å²) in [5.41, 5.74) is -1.24. The first-order chi connectivity index (χ1) is 20.8. The normalized spacial score (nSPS) is 24.6. The minimum Gasteiger partial charge on any atom is -0.508 e. The highest BCUT2D eigenvalue weighted by Crippen LogP contribution is 2.53. The highest BCUT2D eigenvalue weighted by molar-refractivity contribution is 6.25. The van der Waals surface area contributed by atoms with Gasteiger partial charge in [-0.1, -0.05) is 18.2 Å². The highest BCUT2D eigenvalue weighted by Gasteiger charge is 2.64. The summed E-state index contributed by atoms with van der Waals surface area (Å²) >= 11 is 0. The zero-order valence-corrected chi connectivity index (χ0v) is 25.0. The van der Waals surface area contributed by atoms with Gasteiger partial charge in [-0.3, -0.25) is 24.1 Å². The van der Waals surface area contributed by atoms with Crippen molar-refractivity contribution in [1.29, 1.82) is 0 Å². The van der Waals surface area contributed by atoms with Crippen LogP contribution in [0.15, 0.2) is 53.3 Å². The molecule has 1 fully saturated rings. The lowest BCUT2D eigenvalue weighted by atomic mass is 9.57. The molecule has 5 rings (SSSR count). The number of phenols is 1. The molecule has 0 aliphatic heterocycles. The van der Waals surface area contributed by atoms with Crippen molar-refractivity contribution in [1.82, 2.24) is 10.2 Å². The molecule has 2 aromatic carbocycles. The molecule has 11 nitrogen and oxygen atoms in total. The van der Waals surface area contributed by atoms with Crippen LogP contribution < -0.4 is 5.32 Å². The number of fused-ring (bicyclic) bond motifs is 3. The van der Waals surface area contributed by atoms with Crippen molar-refractivity contribution >= 4 is 29.0 Å². The van der Waals surface area contributed by atoms with E-state index in [1.807, 2.05) is 0 Å². The highest BCUT2D eigenvalue weighted by atomic mass is 16.5. The molecule has 5 N–H and O–H groups in total. The van der Waals surface area contributed by atoms with Gasteiger partial charge in [-0.05, 0) is 81.1 Å². The molecule has 232 valence electrons. The Morgan fingerprint density at radius 2 is 1.84 bits per heavy atom. The van der Waals surface area contributed by atoms with Gasteiger partial charge in [-0.2, -0.15) is 0 Å². The minimum atomic E-state index is -2.63. The van der Waals surface area contributed by atoms with E-state index in [0.29, 0.717) is 41.8 Å². The lowest BCUT2D eigenvalue weighted by Gasteiger charge is -2.50. The number of hydrogen-bond acceptors (Lipinski definition) is 10. The van der Waals surface area contributed by atoms with Crippen LogP contribution in [0, 0.1) is 11.8 Å². The number of amides is 1. The largest absolute Gasteiger partial charge is 0.508 e. The number of hydrogen-bond donors (Lipinski definition) is 5. The molecule has 0 aromatic heterocycles. The number of likely N-dealkylation sites (N-methyl/N-ethyl adjacent to an activating group) is 1. The van der Waals surface area contributed by atoms with E-state index < -0.39 is 57.9 Å². The van der Waals surface area contributed by atoms with Crippen LogP contribution >= 0.6 is 0 Å². The van der Waals surface area contributed by atoms with Crippen LogP contribution in [-0.4, -0.2) is 94.6 Å². The predicted molar refractivity (Wildman–Crippen MR) is 160 cm³/mol. The first-order valence-electron chi connectivity index (χ1n) is 14.4. The second-order valence-electron chi connectivity index (χ2n) is 11.8. The molecule has 0 unspecified atom stereocenters. The quantitative estimate of drug-likeness (QED) is 0.223. The van der Waals surface area contributed by atoms with Gasteiger partial charge in [0.1, 0.15) is 22.8 Å². The molecule has 1 saturated carbocycles. The van der Waals surface area contributed by atoms with E-state index in [1.165, 1.54) is 11.0 Å². The fourth-order valence-corrected chi connectivity index (χ4v) is 6.97. The van der Waals surface area contributed by atoms with Gasteiger partial charge >= 0.3 is 0 Å². The fourth-order valence-electron chi connectivity index (χ4n) is 6.97. The summed E-state index contributed by atoms with van der Waals surface area (Å²) in [6, 6.07) is 8.85. The molecule has 0 bridgehead atoms. The van der Waals surface area contributed by atoms with E-state index in [2.05, 4.69) is 5.32 Å². The maximum absolute atomic E-state index is 14.1. The van der Waals surface area contributed by atoms with E-state index in [9.17, 15) is 39.6 Å². The van der Waals surface area contributed by atoms with Crippen LogP contribution in [0.25, 0.3) is 16.9 Å². The van der Waals surface area contributed by atoms with Gasteiger partial charge in [-0.25, -0.2) is 0 Å². The molecule has 0 saturated heterocycles. The van der Waals surface area contributed by atoms with Crippen LogP contribution in [0.1, 0.15) is 41.3 Å². The second-order valence-corrected chi connectivity index (χ2v) is 11.8. The molecule has 44 heavy (non-hydrogen) atoms. The Morgan fingerprint density at radius 1 is 1.11 bits per heavy atom. The number of Topliss-reactive ketones (excluding diaryl/α,β-unsaturated/α-hetero) is 3. The number of rotatable bonds is 8. The molecular formula is C33H36N2O9. The van der Waals surface area contributed by atoms with Gasteiger partial charge in [0.05, 0.1) is 11.6 Å². The average molecular weight is 605 g/mol. The van der Waals surface area contributed by atoms with E-state index in [0.717, 1.165) is 6.92 Å². The van der Waals surface area contributed by atoms with Gasteiger partial charge in [0.25, 0.3) is 5.91 Å². The predicted octanol–water partition coefficient (Wildman–Crippen LogP) is 2.50. The molecule has 3 aliphatic carbocycles. The van der Waals surface area contributed by atoms with Crippen molar-refractivity contribution < 1.29 is 44.3 Å². The van der Waals surface area contributed by atoms with Crippen LogP contribution in [0.5, 0.6) is 5.75 Å². The van der Waals surface area contributed by atoms with Gasteiger partial charge in [0.2, 0.25) is 5.78 Å². The standard InChI is InChI=1S/C33H36N2O9/c1-16(36)24-29(39)27(35(2)3)22-15-19-14-21-20(17-7-5-8-18(13-17)32(42)34-11-6-12-44-4)9-10-23(37)26(21)28(38)25(19)31(41)33(22,43)30(24)40/h5,7-10,13,19,22,27,37-38,40,43H,6,11-12,14-15H2,1-4H3,(H,34,42)/t19-,22-,27-,33+/m0/s1. The van der Waals surface area contributed by atoms with E-state index in [-0.39, 0.29) is 35.6 Å². The third-order valence-electron chi connectivity index (χ3n) is 8.96. The SMILES string of the molecule is COCCCNC(=O)c1cccc(-c2ccc(O)c3c2C[C@H]2C[C@H]4[C@H](N(C)C)C(=O)C(C(C)=O)=C(O)[C@@]4(O)C(=O)C2=C3O)c1. The molecule has 11 heteroatoms. The van der Waals surface area contributed by atoms with Gasteiger partial charge in [0, 0.05) is 37.3 Å². The number of carbonyl (C=O) groups is 4. The van der Waals surface area contributed by atoms with E-state index >= 15 is 0 Å². The lowest BCUT2D eigenvalue weighted by molar-refractivity contribution is -0.153. The van der Waals surface area contributed by atoms with Crippen LogP contribution in [-0.2, 0) is 25.5 Å². The fraction of sp³-hybridized carbons (Fsp3) is 0.394. The minimum absolute atomic E-state index is 0.00452. The van der Waals surface area contributed by atoms with Crippen molar-refractivity contribution in [3.8, 4) is 16.9 Å². The Kier molecular flexibility index (Phi) is 8.23. The van der Waals surface area contributed by atoms with Crippen molar-refractivity contribution in [3.05, 3.63) is 70.0 Å². The van der Waals surface area contributed by atoms with Crippen LogP contribution in [0.2, 0.25) is 0 Å². The second kappa shape index (κ2) is 11.6. The molecule has 2 aromatic rings. The Bertz CT molecular complexity index is 1640. The number of carbonyl (C=O) groups excluding carboxylic acids is 4. The summed E-state index contributed by atoms with van der Waals surface area (Å²) in [4.78, 5) is 54.1. The molecule has 0 heterocycles. The maximum Gasteiger partial charge on any atom is 0.251 e. The first-order valence-corrected chi connectivity index (χ1v) is 14.4. The molecule has 4 atom stereocenters. The molecule has 0 spiro atoms. The molecule has 1 amide bonds. The summed E-state index contributed by atoms with van der Waals surface area (Å²) in [6.07, 6.45) is 0.827. The third kappa shape index (κ3) is 4.81.